The lowest BCUT2D eigenvalue weighted by Gasteiger charge is -2.17. The summed E-state index contributed by atoms with van der Waals surface area (Å²) in [6.45, 7) is 3.83. The average Bonchev–Trinajstić information content (AvgIpc) is 2.80. The first kappa shape index (κ1) is 11.9. The number of carbonyl (C=O) groups is 1. The Kier molecular flexibility index (Phi) is 3.33. The molecule has 1 saturated heterocycles. The summed E-state index contributed by atoms with van der Waals surface area (Å²) in [7, 11) is 0. The van der Waals surface area contributed by atoms with Crippen LogP contribution in [0.3, 0.4) is 0 Å². The van der Waals surface area contributed by atoms with E-state index in [0.717, 1.165) is 18.5 Å². The number of hydrogen-bond donors (Lipinski definition) is 2. The molecule has 17 heavy (non-hydrogen) atoms. The second kappa shape index (κ2) is 4.75. The van der Waals surface area contributed by atoms with Crippen LogP contribution in [0.5, 0.6) is 5.75 Å². The van der Waals surface area contributed by atoms with Gasteiger partial charge in [0.05, 0.1) is 5.56 Å². The molecule has 1 amide bonds. The zero-order chi connectivity index (χ0) is 12.4. The number of phenolic OH excluding ortho intramolecular Hbond substituents is 1. The standard InChI is InChI=1S/C13H18N2O2/c1-9-3-2-4-11(12(9)16)13(17)15-6-5-10(7-14)8-15/h2-4,10,16H,5-8,14H2,1H3. The van der Waals surface area contributed by atoms with E-state index in [2.05, 4.69) is 0 Å². The molecule has 2 rings (SSSR count). The van der Waals surface area contributed by atoms with Gasteiger partial charge in [-0.2, -0.15) is 0 Å². The van der Waals surface area contributed by atoms with Crippen LogP contribution >= 0.6 is 0 Å². The molecule has 1 aromatic rings. The molecule has 1 aliphatic heterocycles. The van der Waals surface area contributed by atoms with Gasteiger partial charge in [0.2, 0.25) is 0 Å². The Balaban J connectivity index is 2.18. The molecule has 0 radical (unpaired) electrons. The van der Waals surface area contributed by atoms with Crippen LogP contribution in [0, 0.1) is 12.8 Å². The molecule has 1 unspecified atom stereocenters. The Morgan fingerprint density at radius 2 is 2.35 bits per heavy atom. The van der Waals surface area contributed by atoms with Crippen molar-refractivity contribution in [1.29, 1.82) is 0 Å². The first-order chi connectivity index (χ1) is 8.13. The van der Waals surface area contributed by atoms with Gasteiger partial charge in [0.25, 0.3) is 5.91 Å². The molecule has 0 aliphatic carbocycles. The van der Waals surface area contributed by atoms with Crippen LogP contribution in [0.25, 0.3) is 0 Å². The predicted molar refractivity (Wildman–Crippen MR) is 65.9 cm³/mol. The molecule has 1 aliphatic rings. The molecule has 92 valence electrons. The Morgan fingerprint density at radius 3 is 3.00 bits per heavy atom. The molecule has 1 atom stereocenters. The second-order valence-corrected chi connectivity index (χ2v) is 4.61. The zero-order valence-corrected chi connectivity index (χ0v) is 10.0. The minimum absolute atomic E-state index is 0.0914. The van der Waals surface area contributed by atoms with Crippen molar-refractivity contribution < 1.29 is 9.90 Å². The summed E-state index contributed by atoms with van der Waals surface area (Å²) in [5.41, 5.74) is 6.72. The molecule has 1 aromatic carbocycles. The third-order valence-electron chi connectivity index (χ3n) is 3.37. The van der Waals surface area contributed by atoms with Crippen LogP contribution in [0.4, 0.5) is 0 Å². The number of aryl methyl sites for hydroxylation is 1. The maximum atomic E-state index is 12.2. The Morgan fingerprint density at radius 1 is 1.59 bits per heavy atom. The minimum atomic E-state index is -0.0952. The van der Waals surface area contributed by atoms with E-state index < -0.39 is 0 Å². The van der Waals surface area contributed by atoms with E-state index in [1.54, 1.807) is 30.0 Å². The number of nitrogens with zero attached hydrogens (tertiary/aromatic N) is 1. The average molecular weight is 234 g/mol. The van der Waals surface area contributed by atoms with Crippen LogP contribution in [-0.4, -0.2) is 35.5 Å². The molecule has 1 fully saturated rings. The molecular weight excluding hydrogens is 216 g/mol. The number of carbonyl (C=O) groups excluding carboxylic acids is 1. The highest BCUT2D eigenvalue weighted by Gasteiger charge is 2.27. The summed E-state index contributed by atoms with van der Waals surface area (Å²) in [5, 5.41) is 9.88. The fourth-order valence-electron chi connectivity index (χ4n) is 2.21. The largest absolute Gasteiger partial charge is 0.507 e. The summed E-state index contributed by atoms with van der Waals surface area (Å²) in [5.74, 6) is 0.391. The van der Waals surface area contributed by atoms with Crippen LogP contribution in [0.1, 0.15) is 22.3 Å². The van der Waals surface area contributed by atoms with E-state index in [-0.39, 0.29) is 11.7 Å². The third-order valence-corrected chi connectivity index (χ3v) is 3.37. The number of amides is 1. The van der Waals surface area contributed by atoms with Gasteiger partial charge < -0.3 is 15.7 Å². The van der Waals surface area contributed by atoms with Gasteiger partial charge in [-0.1, -0.05) is 12.1 Å². The van der Waals surface area contributed by atoms with Crippen LogP contribution in [-0.2, 0) is 0 Å². The van der Waals surface area contributed by atoms with Crippen LogP contribution in [0.2, 0.25) is 0 Å². The van der Waals surface area contributed by atoms with Crippen molar-refractivity contribution in [2.45, 2.75) is 13.3 Å². The van der Waals surface area contributed by atoms with Crippen molar-refractivity contribution in [2.75, 3.05) is 19.6 Å². The monoisotopic (exact) mass is 234 g/mol. The predicted octanol–water partition coefficient (Wildman–Crippen LogP) is 1.12. The first-order valence-electron chi connectivity index (χ1n) is 5.91. The van der Waals surface area contributed by atoms with Crippen molar-refractivity contribution in [2.24, 2.45) is 11.7 Å². The number of benzene rings is 1. The lowest BCUT2D eigenvalue weighted by atomic mass is 10.1. The van der Waals surface area contributed by atoms with E-state index >= 15 is 0 Å². The highest BCUT2D eigenvalue weighted by molar-refractivity contribution is 5.97. The smallest absolute Gasteiger partial charge is 0.257 e. The number of likely N-dealkylation sites (tertiary alicyclic amines) is 1. The number of rotatable bonds is 2. The highest BCUT2D eigenvalue weighted by atomic mass is 16.3. The maximum Gasteiger partial charge on any atom is 0.257 e. The highest BCUT2D eigenvalue weighted by Crippen LogP contribution is 2.25. The van der Waals surface area contributed by atoms with Gasteiger partial charge in [-0.15, -0.1) is 0 Å². The maximum absolute atomic E-state index is 12.2. The summed E-state index contributed by atoms with van der Waals surface area (Å²) in [6.07, 6.45) is 0.953. The first-order valence-corrected chi connectivity index (χ1v) is 5.91. The molecule has 0 saturated carbocycles. The Hall–Kier alpha value is -1.55. The minimum Gasteiger partial charge on any atom is -0.507 e. The number of phenols is 1. The SMILES string of the molecule is Cc1cccc(C(=O)N2CCC(CN)C2)c1O. The van der Waals surface area contributed by atoms with E-state index in [1.807, 2.05) is 0 Å². The third kappa shape index (κ3) is 2.26. The van der Waals surface area contributed by atoms with Crippen molar-refractivity contribution in [3.8, 4) is 5.75 Å². The molecule has 0 spiro atoms. The van der Waals surface area contributed by atoms with Gasteiger partial charge in [-0.3, -0.25) is 4.79 Å². The van der Waals surface area contributed by atoms with E-state index in [4.69, 9.17) is 5.73 Å². The van der Waals surface area contributed by atoms with Crippen molar-refractivity contribution >= 4 is 5.91 Å². The molecule has 1 heterocycles. The van der Waals surface area contributed by atoms with E-state index in [9.17, 15) is 9.90 Å². The summed E-state index contributed by atoms with van der Waals surface area (Å²) >= 11 is 0. The Bertz CT molecular complexity index is 431. The quantitative estimate of drug-likeness (QED) is 0.806. The number of hydrogen-bond acceptors (Lipinski definition) is 3. The zero-order valence-electron chi connectivity index (χ0n) is 10.0. The van der Waals surface area contributed by atoms with Crippen LogP contribution in [0.15, 0.2) is 18.2 Å². The van der Waals surface area contributed by atoms with Gasteiger partial charge in [0, 0.05) is 13.1 Å². The summed E-state index contributed by atoms with van der Waals surface area (Å²) in [6, 6.07) is 5.25. The molecule has 4 nitrogen and oxygen atoms in total. The van der Waals surface area contributed by atoms with Crippen molar-refractivity contribution in [3.05, 3.63) is 29.3 Å². The van der Waals surface area contributed by atoms with E-state index in [1.165, 1.54) is 0 Å². The van der Waals surface area contributed by atoms with Gasteiger partial charge >= 0.3 is 0 Å². The molecule has 3 N–H and O–H groups in total. The molecule has 0 bridgehead atoms. The van der Waals surface area contributed by atoms with Gasteiger partial charge in [0.1, 0.15) is 5.75 Å². The lowest BCUT2D eigenvalue weighted by Crippen LogP contribution is -2.29. The van der Waals surface area contributed by atoms with E-state index in [0.29, 0.717) is 24.6 Å². The molecular formula is C13H18N2O2. The summed E-state index contributed by atoms with van der Waals surface area (Å²) < 4.78 is 0. The van der Waals surface area contributed by atoms with Gasteiger partial charge in [-0.05, 0) is 37.4 Å². The van der Waals surface area contributed by atoms with Gasteiger partial charge in [-0.25, -0.2) is 0 Å². The fourth-order valence-corrected chi connectivity index (χ4v) is 2.21. The molecule has 4 heteroatoms. The topological polar surface area (TPSA) is 66.6 Å². The van der Waals surface area contributed by atoms with Crippen molar-refractivity contribution in [1.82, 2.24) is 4.90 Å². The summed E-state index contributed by atoms with van der Waals surface area (Å²) in [4.78, 5) is 14.0. The number of aromatic hydroxyl groups is 1. The van der Waals surface area contributed by atoms with Crippen LogP contribution < -0.4 is 5.73 Å². The number of nitrogens with two attached hydrogens (primary N) is 1. The number of para-hydroxylation sites is 1. The second-order valence-electron chi connectivity index (χ2n) is 4.61. The Labute approximate surface area is 101 Å². The molecule has 0 aromatic heterocycles. The normalized spacial score (nSPS) is 19.6. The van der Waals surface area contributed by atoms with Gasteiger partial charge in [0.15, 0.2) is 0 Å². The van der Waals surface area contributed by atoms with Crippen molar-refractivity contribution in [3.63, 3.8) is 0 Å². The lowest BCUT2D eigenvalue weighted by molar-refractivity contribution is 0.0784. The fraction of sp³-hybridized carbons (Fsp3) is 0.462.